The number of aliphatic hydroxyl groups is 1. The van der Waals surface area contributed by atoms with Gasteiger partial charge in [-0.1, -0.05) is 4.85 Å². The minimum atomic E-state index is -2.38. The second-order valence-electron chi connectivity index (χ2n) is 5.10. The highest BCUT2D eigenvalue weighted by Crippen LogP contribution is 2.46. The highest BCUT2D eigenvalue weighted by molar-refractivity contribution is 5.99. The lowest BCUT2D eigenvalue weighted by Crippen LogP contribution is -2.48. The molecule has 1 aromatic carbocycles. The Hall–Kier alpha value is -3.21. The van der Waals surface area contributed by atoms with Crippen molar-refractivity contribution in [2.45, 2.75) is 18.4 Å². The van der Waals surface area contributed by atoms with Crippen LogP contribution in [0.25, 0.3) is 11.0 Å². The van der Waals surface area contributed by atoms with Crippen molar-refractivity contribution >= 4 is 28.9 Å². The van der Waals surface area contributed by atoms with Crippen LogP contribution in [0, 0.1) is 0 Å². The average molecular weight is 321 g/mol. The molecule has 0 spiro atoms. The van der Waals surface area contributed by atoms with E-state index in [1.165, 1.54) is 0 Å². The number of carbonyl (C=O) groups is 3. The van der Waals surface area contributed by atoms with E-state index in [4.69, 9.17) is 14.2 Å². The van der Waals surface area contributed by atoms with Gasteiger partial charge in [-0.25, -0.2) is 4.79 Å². The Balaban J connectivity index is 2.08. The number of hydrogen-bond acceptors (Lipinski definition) is 10. The lowest BCUT2D eigenvalue weighted by Gasteiger charge is -2.29. The maximum absolute atomic E-state index is 12.1. The van der Waals surface area contributed by atoms with Crippen LogP contribution >= 0.6 is 0 Å². The summed E-state index contributed by atoms with van der Waals surface area (Å²) >= 11 is 0. The van der Waals surface area contributed by atoms with Crippen LogP contribution in [0.5, 0.6) is 17.2 Å². The van der Waals surface area contributed by atoms with Crippen molar-refractivity contribution in [3.63, 3.8) is 0 Å². The Morgan fingerprint density at radius 3 is 2.52 bits per heavy atom. The number of hydrogen-bond donors (Lipinski definition) is 2. The third-order valence-corrected chi connectivity index (χ3v) is 3.49. The molecule has 11 heteroatoms. The van der Waals surface area contributed by atoms with Crippen LogP contribution < -0.4 is 14.2 Å². The number of ether oxygens (including phenoxy) is 3. The van der Waals surface area contributed by atoms with E-state index < -0.39 is 42.1 Å². The summed E-state index contributed by atoms with van der Waals surface area (Å²) in [6.45, 7) is 0. The standard InChI is InChI=1S/C12H7N3O8/c16-6-2-12(19)3-7(17)22-10-8-4(15(20)14-13-8)1-5(21-6)9(10)23-11(12)18/h1,19-20H,2-3H2. The molecular formula is C12H7N3O8. The topological polar surface area (TPSA) is 150 Å². The van der Waals surface area contributed by atoms with Gasteiger partial charge in [0.15, 0.2) is 16.9 Å². The van der Waals surface area contributed by atoms with Crippen molar-refractivity contribution in [2.75, 3.05) is 0 Å². The number of benzene rings is 1. The highest BCUT2D eigenvalue weighted by Gasteiger charge is 2.48. The summed E-state index contributed by atoms with van der Waals surface area (Å²) in [6, 6.07) is 1.14. The fraction of sp³-hybridized carbons (Fsp3) is 0.250. The lowest BCUT2D eigenvalue weighted by atomic mass is 9.95. The van der Waals surface area contributed by atoms with Gasteiger partial charge in [0.2, 0.25) is 11.5 Å². The molecule has 0 aliphatic carbocycles. The molecule has 2 aliphatic heterocycles. The third kappa shape index (κ3) is 1.83. The Labute approximate surface area is 125 Å². The van der Waals surface area contributed by atoms with Gasteiger partial charge >= 0.3 is 17.9 Å². The predicted octanol–water partition coefficient (Wildman–Crippen LogP) is -1.08. The maximum Gasteiger partial charge on any atom is 0.345 e. The molecule has 1 aromatic heterocycles. The van der Waals surface area contributed by atoms with E-state index in [0.717, 1.165) is 6.07 Å². The largest absolute Gasteiger partial charge is 0.422 e. The zero-order valence-electron chi connectivity index (χ0n) is 11.2. The molecule has 0 amide bonds. The van der Waals surface area contributed by atoms with E-state index in [0.29, 0.717) is 4.85 Å². The second kappa shape index (κ2) is 4.16. The number of esters is 3. The second-order valence-corrected chi connectivity index (χ2v) is 5.10. The van der Waals surface area contributed by atoms with E-state index in [9.17, 15) is 24.7 Å². The van der Waals surface area contributed by atoms with Gasteiger partial charge in [0.1, 0.15) is 5.52 Å². The van der Waals surface area contributed by atoms with Crippen LogP contribution in [0.2, 0.25) is 0 Å². The Kier molecular flexibility index (Phi) is 2.44. The van der Waals surface area contributed by atoms with E-state index in [1.807, 2.05) is 0 Å². The molecular weight excluding hydrogens is 314 g/mol. The molecule has 0 fully saturated rings. The molecule has 0 radical (unpaired) electrons. The summed E-state index contributed by atoms with van der Waals surface area (Å²) in [5.74, 6) is -4.15. The molecule has 2 aliphatic rings. The van der Waals surface area contributed by atoms with Gasteiger partial charge in [-0.2, -0.15) is 0 Å². The summed E-state index contributed by atoms with van der Waals surface area (Å²) in [4.78, 5) is 36.3. The van der Waals surface area contributed by atoms with Crippen LogP contribution in [0.1, 0.15) is 12.8 Å². The molecule has 11 nitrogen and oxygen atoms in total. The minimum Gasteiger partial charge on any atom is -0.422 e. The Morgan fingerprint density at radius 1 is 1.09 bits per heavy atom. The quantitative estimate of drug-likeness (QED) is 0.348. The van der Waals surface area contributed by atoms with Gasteiger partial charge in [-0.15, -0.1) is 5.10 Å². The fourth-order valence-electron chi connectivity index (χ4n) is 2.43. The van der Waals surface area contributed by atoms with Gasteiger partial charge in [-0.05, 0) is 5.21 Å². The zero-order chi connectivity index (χ0) is 16.4. The van der Waals surface area contributed by atoms with Gasteiger partial charge in [0.25, 0.3) is 0 Å². The summed E-state index contributed by atoms with van der Waals surface area (Å²) < 4.78 is 15.1. The van der Waals surface area contributed by atoms with Crippen molar-refractivity contribution in [2.24, 2.45) is 0 Å². The average Bonchev–Trinajstić information content (AvgIpc) is 2.81. The molecule has 1 atom stereocenters. The van der Waals surface area contributed by atoms with Crippen molar-refractivity contribution in [3.8, 4) is 17.2 Å². The van der Waals surface area contributed by atoms with E-state index in [2.05, 4.69) is 10.3 Å². The van der Waals surface area contributed by atoms with Crippen molar-refractivity contribution in [1.82, 2.24) is 15.2 Å². The van der Waals surface area contributed by atoms with Crippen LogP contribution in [-0.2, 0) is 14.4 Å². The first-order chi connectivity index (χ1) is 10.9. The number of rotatable bonds is 0. The number of fused-ring (bicyclic) bond motifs is 4. The zero-order valence-corrected chi connectivity index (χ0v) is 11.2. The Bertz CT molecular complexity index is 903. The van der Waals surface area contributed by atoms with E-state index in [1.54, 1.807) is 0 Å². The van der Waals surface area contributed by atoms with E-state index in [-0.39, 0.29) is 22.5 Å². The fourth-order valence-corrected chi connectivity index (χ4v) is 2.43. The minimum absolute atomic E-state index is 0.0354. The van der Waals surface area contributed by atoms with Crippen LogP contribution in [0.3, 0.4) is 0 Å². The van der Waals surface area contributed by atoms with Crippen molar-refractivity contribution < 1.29 is 38.9 Å². The number of nitrogens with zero attached hydrogens (tertiary/aromatic N) is 3. The normalized spacial score (nSPS) is 23.4. The summed E-state index contributed by atoms with van der Waals surface area (Å²) in [5.41, 5.74) is -2.51. The number of carbonyl (C=O) groups excluding carboxylic acids is 3. The molecule has 0 saturated carbocycles. The van der Waals surface area contributed by atoms with Crippen LogP contribution in [0.15, 0.2) is 6.07 Å². The van der Waals surface area contributed by atoms with Crippen LogP contribution in [-0.4, -0.2) is 49.0 Å². The predicted molar refractivity (Wildman–Crippen MR) is 65.8 cm³/mol. The molecule has 23 heavy (non-hydrogen) atoms. The first-order valence-corrected chi connectivity index (χ1v) is 6.35. The van der Waals surface area contributed by atoms with Crippen molar-refractivity contribution in [3.05, 3.63) is 6.07 Å². The van der Waals surface area contributed by atoms with Crippen LogP contribution in [0.4, 0.5) is 0 Å². The molecule has 0 saturated heterocycles. The maximum atomic E-state index is 12.1. The molecule has 1 unspecified atom stereocenters. The molecule has 2 N–H and O–H groups in total. The van der Waals surface area contributed by atoms with Gasteiger partial charge in [0.05, 0.1) is 12.8 Å². The first kappa shape index (κ1) is 13.5. The Morgan fingerprint density at radius 2 is 1.78 bits per heavy atom. The van der Waals surface area contributed by atoms with Crippen molar-refractivity contribution in [1.29, 1.82) is 0 Å². The smallest absolute Gasteiger partial charge is 0.345 e. The summed E-state index contributed by atoms with van der Waals surface area (Å²) in [6.07, 6.45) is -1.59. The molecule has 3 heterocycles. The monoisotopic (exact) mass is 321 g/mol. The molecule has 2 bridgehead atoms. The van der Waals surface area contributed by atoms with E-state index >= 15 is 0 Å². The molecule has 4 rings (SSSR count). The first-order valence-electron chi connectivity index (χ1n) is 6.35. The van der Waals surface area contributed by atoms with Gasteiger partial charge < -0.3 is 24.5 Å². The van der Waals surface area contributed by atoms with Gasteiger partial charge in [-0.3, -0.25) is 9.59 Å². The van der Waals surface area contributed by atoms with Gasteiger partial charge in [0, 0.05) is 6.07 Å². The number of aromatic nitrogens is 3. The molecule has 118 valence electrons. The molecule has 2 aromatic rings. The summed E-state index contributed by atoms with van der Waals surface area (Å²) in [5, 5.41) is 26.7. The summed E-state index contributed by atoms with van der Waals surface area (Å²) in [7, 11) is 0. The highest BCUT2D eigenvalue weighted by atomic mass is 16.6. The SMILES string of the molecule is O=C1CC2(O)CC(=O)Oc3c(c(cc4c3nnn4O)O1)OC2=O. The lowest BCUT2D eigenvalue weighted by molar-refractivity contribution is -0.170. The third-order valence-electron chi connectivity index (χ3n) is 3.49.